The van der Waals surface area contributed by atoms with Crippen molar-refractivity contribution in [2.75, 3.05) is 0 Å². The lowest BCUT2D eigenvalue weighted by Crippen LogP contribution is -2.30. The molecule has 2 aliphatic rings. The number of ketones is 2. The number of rotatable bonds is 14. The van der Waals surface area contributed by atoms with Gasteiger partial charge in [-0.2, -0.15) is 0 Å². The second-order valence-electron chi connectivity index (χ2n) is 18.6. The predicted octanol–water partition coefficient (Wildman–Crippen LogP) is 16.5. The van der Waals surface area contributed by atoms with Crippen LogP contribution in [0.1, 0.15) is 192 Å². The van der Waals surface area contributed by atoms with Crippen molar-refractivity contribution >= 4 is 23.2 Å². The molecule has 0 radical (unpaired) electrons. The molecule has 1 aromatic heterocycles. The molecule has 1 aliphatic carbocycles. The number of carbonyl (C=O) groups excluding carboxylic acids is 2. The Morgan fingerprint density at radius 2 is 1.50 bits per heavy atom. The van der Waals surface area contributed by atoms with Gasteiger partial charge in [0.05, 0.1) is 11.4 Å². The average Bonchev–Trinajstić information content (AvgIpc) is 3.59. The number of hydrogen-bond donors (Lipinski definition) is 0. The fourth-order valence-corrected chi connectivity index (χ4v) is 6.17. The zero-order chi connectivity index (χ0) is 44.6. The number of fused-ring (bicyclic) bond motifs is 1. The Kier molecular flexibility index (Phi) is 27.0. The number of carbonyl (C=O) groups is 2. The van der Waals surface area contributed by atoms with Crippen LogP contribution in [-0.2, 0) is 21.4 Å². The van der Waals surface area contributed by atoms with Gasteiger partial charge in [0.1, 0.15) is 5.75 Å². The van der Waals surface area contributed by atoms with Gasteiger partial charge in [0.15, 0.2) is 17.7 Å². The summed E-state index contributed by atoms with van der Waals surface area (Å²) in [5, 5.41) is 0.702. The number of unbranched alkanes of at least 4 members (excludes halogenated alkanes) is 2. The molecule has 3 atom stereocenters. The van der Waals surface area contributed by atoms with E-state index in [1.54, 1.807) is 11.6 Å². The summed E-state index contributed by atoms with van der Waals surface area (Å²) < 4.78 is 6.13. The van der Waals surface area contributed by atoms with Crippen molar-refractivity contribution in [1.82, 2.24) is 4.98 Å². The first-order valence-electron chi connectivity index (χ1n) is 22.7. The number of aromatic nitrogens is 1. The zero-order valence-corrected chi connectivity index (χ0v) is 40.8. The van der Waals surface area contributed by atoms with Crippen molar-refractivity contribution in [2.45, 2.75) is 199 Å². The maximum absolute atomic E-state index is 12.6. The number of nitrogens with zero attached hydrogens (tertiary/aromatic N) is 1. The van der Waals surface area contributed by atoms with Crippen molar-refractivity contribution in [1.29, 1.82) is 0 Å². The van der Waals surface area contributed by atoms with E-state index in [-0.39, 0.29) is 28.8 Å². The highest BCUT2D eigenvalue weighted by atomic mass is 35.5. The highest BCUT2D eigenvalue weighted by Crippen LogP contribution is 2.41. The smallest absolute Gasteiger partial charge is 0.176 e. The number of hydrogen-bond acceptors (Lipinski definition) is 4. The van der Waals surface area contributed by atoms with Gasteiger partial charge in [-0.1, -0.05) is 196 Å². The minimum atomic E-state index is -0.422. The molecule has 0 amide bonds. The van der Waals surface area contributed by atoms with Crippen LogP contribution in [0.3, 0.4) is 0 Å². The minimum Gasteiger partial charge on any atom is -0.480 e. The maximum atomic E-state index is 12.6. The first-order chi connectivity index (χ1) is 27.1. The van der Waals surface area contributed by atoms with E-state index in [2.05, 4.69) is 115 Å². The van der Waals surface area contributed by atoms with Crippen molar-refractivity contribution < 1.29 is 14.3 Å². The second kappa shape index (κ2) is 28.5. The van der Waals surface area contributed by atoms with Crippen molar-refractivity contribution in [3.63, 3.8) is 0 Å². The number of benzene rings is 1. The zero-order valence-electron chi connectivity index (χ0n) is 40.0. The quantitative estimate of drug-likeness (QED) is 0.108. The van der Waals surface area contributed by atoms with E-state index in [1.807, 2.05) is 38.1 Å². The van der Waals surface area contributed by atoms with Gasteiger partial charge in [0, 0.05) is 40.0 Å². The van der Waals surface area contributed by atoms with Crippen molar-refractivity contribution in [3.8, 4) is 17.0 Å². The molecule has 2 heterocycles. The Morgan fingerprint density at radius 1 is 0.914 bits per heavy atom. The minimum absolute atomic E-state index is 0.00290. The van der Waals surface area contributed by atoms with Gasteiger partial charge in [-0.15, -0.1) is 0 Å². The standard InChI is InChI=1S/C22H26ClNO2.C10H20.C9H12O.C8H18.C4H10/c1-6-13(2)20(25)19-12-18-21(26-19)16(22(3,4)5)11-17(24-18)14-7-9-15(23)10-8-14;1-5-7-10(4)8-9(3)6-2;1-3-7(2)9(10)8-5-4-6-8;1-5-6-7-8(2,3)4;1-3-4-2/h7-11,13,19H,6,12H2,1-5H3;8-9H,5-7H2,1-4H3;3,8H,1-2,4-6H2;5-7H2,1-4H3;3-4H2,1-2H3/b;10-8-;;;. The Hall–Kier alpha value is -2.98. The van der Waals surface area contributed by atoms with Gasteiger partial charge >= 0.3 is 0 Å². The number of allylic oxidation sites excluding steroid dienone is 4. The summed E-state index contributed by atoms with van der Waals surface area (Å²) >= 11 is 6.02. The van der Waals surface area contributed by atoms with Crippen LogP contribution in [-0.4, -0.2) is 22.7 Å². The molecule has 0 bridgehead atoms. The number of pyridine rings is 1. The largest absolute Gasteiger partial charge is 0.480 e. The van der Waals surface area contributed by atoms with Gasteiger partial charge in [0.25, 0.3) is 0 Å². The molecule has 1 aliphatic heterocycles. The van der Waals surface area contributed by atoms with Crippen LogP contribution in [0.4, 0.5) is 0 Å². The van der Waals surface area contributed by atoms with E-state index in [9.17, 15) is 9.59 Å². The van der Waals surface area contributed by atoms with E-state index in [1.165, 1.54) is 57.8 Å². The molecular formula is C53H86ClNO3. The summed E-state index contributed by atoms with van der Waals surface area (Å²) in [5.74, 6) is 2.19. The van der Waals surface area contributed by atoms with Crippen molar-refractivity contribution in [3.05, 3.63) is 83.1 Å². The molecule has 1 fully saturated rings. The van der Waals surface area contributed by atoms with Crippen LogP contribution in [0, 0.1) is 23.2 Å². The van der Waals surface area contributed by atoms with Crippen LogP contribution in [0.2, 0.25) is 5.02 Å². The third kappa shape index (κ3) is 21.3. The summed E-state index contributed by atoms with van der Waals surface area (Å²) in [6.45, 7) is 40.0. The molecular weight excluding hydrogens is 734 g/mol. The SMILES string of the molecule is C=CC(=C)C(=O)C1CCC1.CCC(C)C(=O)C1Cc2nc(-c3ccc(Cl)cc3)cc(C(C)(C)C)c2O1.CCC/C(C)=C\C(C)CC.CCCC.CCCCC(C)(C)C. The average molecular weight is 821 g/mol. The number of ether oxygens (including phenoxy) is 1. The van der Waals surface area contributed by atoms with E-state index < -0.39 is 6.10 Å². The van der Waals surface area contributed by atoms with Gasteiger partial charge < -0.3 is 4.74 Å². The molecule has 58 heavy (non-hydrogen) atoms. The number of Topliss-reactive ketones (excluding diaryl/α,β-unsaturated/α-hetero) is 2. The summed E-state index contributed by atoms with van der Waals surface area (Å²) in [6.07, 6.45) is 18.7. The molecule has 4 rings (SSSR count). The van der Waals surface area contributed by atoms with Gasteiger partial charge in [-0.3, -0.25) is 9.59 Å². The van der Waals surface area contributed by atoms with Gasteiger partial charge in [-0.25, -0.2) is 4.98 Å². The Balaban J connectivity index is 0.000000836. The normalized spacial score (nSPS) is 15.7. The topological polar surface area (TPSA) is 56.3 Å². The van der Waals surface area contributed by atoms with Crippen LogP contribution < -0.4 is 4.74 Å². The maximum Gasteiger partial charge on any atom is 0.176 e. The lowest BCUT2D eigenvalue weighted by Gasteiger charge is -2.23. The summed E-state index contributed by atoms with van der Waals surface area (Å²) in [5.41, 5.74) is 6.45. The van der Waals surface area contributed by atoms with E-state index in [4.69, 9.17) is 21.3 Å². The van der Waals surface area contributed by atoms with Crippen molar-refractivity contribution in [2.24, 2.45) is 23.2 Å². The first-order valence-corrected chi connectivity index (χ1v) is 23.0. The van der Waals surface area contributed by atoms with Crippen LogP contribution in [0.5, 0.6) is 5.75 Å². The molecule has 1 saturated carbocycles. The Labute approximate surface area is 363 Å². The van der Waals surface area contributed by atoms with Gasteiger partial charge in [0.2, 0.25) is 0 Å². The molecule has 5 heteroatoms. The predicted molar refractivity (Wildman–Crippen MR) is 255 cm³/mol. The summed E-state index contributed by atoms with van der Waals surface area (Å²) in [6, 6.07) is 9.77. The first kappa shape index (κ1) is 55.0. The molecule has 1 aromatic carbocycles. The van der Waals surface area contributed by atoms with Gasteiger partial charge in [-0.05, 0) is 74.0 Å². The second-order valence-corrected chi connectivity index (χ2v) is 19.1. The summed E-state index contributed by atoms with van der Waals surface area (Å²) in [7, 11) is 0. The molecule has 3 unspecified atom stereocenters. The Morgan fingerprint density at radius 3 is 1.90 bits per heavy atom. The molecule has 2 aromatic rings. The fraction of sp³-hybridized carbons (Fsp3) is 0.642. The molecule has 0 N–H and O–H groups in total. The molecule has 0 spiro atoms. The fourth-order valence-electron chi connectivity index (χ4n) is 6.04. The van der Waals surface area contributed by atoms with Crippen LogP contribution in [0.25, 0.3) is 11.3 Å². The summed E-state index contributed by atoms with van der Waals surface area (Å²) in [4.78, 5) is 28.6. The third-order valence-electron chi connectivity index (χ3n) is 10.7. The van der Waals surface area contributed by atoms with Crippen LogP contribution in [0.15, 0.2) is 66.8 Å². The molecule has 4 nitrogen and oxygen atoms in total. The Bertz CT molecular complexity index is 1530. The molecule has 0 saturated heterocycles. The van der Waals surface area contributed by atoms with E-state index in [0.717, 1.165) is 53.4 Å². The highest BCUT2D eigenvalue weighted by Gasteiger charge is 2.36. The lowest BCUT2D eigenvalue weighted by molar-refractivity contribution is -0.128. The number of halogens is 1. The van der Waals surface area contributed by atoms with E-state index >= 15 is 0 Å². The molecule has 328 valence electrons. The highest BCUT2D eigenvalue weighted by molar-refractivity contribution is 6.30. The van der Waals surface area contributed by atoms with E-state index in [0.29, 0.717) is 22.4 Å². The van der Waals surface area contributed by atoms with Crippen LogP contribution >= 0.6 is 11.6 Å². The third-order valence-corrected chi connectivity index (χ3v) is 11.0. The lowest BCUT2D eigenvalue weighted by atomic mass is 9.80. The monoisotopic (exact) mass is 820 g/mol.